The van der Waals surface area contributed by atoms with E-state index >= 15 is 0 Å². The van der Waals surface area contributed by atoms with E-state index in [9.17, 15) is 0 Å². The highest BCUT2D eigenvalue weighted by Gasteiger charge is 2.08. The van der Waals surface area contributed by atoms with E-state index in [1.54, 1.807) is 0 Å². The molecule has 0 spiro atoms. The third-order valence-corrected chi connectivity index (χ3v) is 4.02. The van der Waals surface area contributed by atoms with Crippen LogP contribution in [0, 0.1) is 11.3 Å². The zero-order chi connectivity index (χ0) is 16.6. The molecule has 0 aliphatic carbocycles. The van der Waals surface area contributed by atoms with Crippen LogP contribution in [0.2, 0.25) is 0 Å². The quantitative estimate of drug-likeness (QED) is 0.643. The summed E-state index contributed by atoms with van der Waals surface area (Å²) in [5, 5.41) is 8.83. The lowest BCUT2D eigenvalue weighted by Crippen LogP contribution is -2.22. The molecule has 0 N–H and O–H groups in total. The van der Waals surface area contributed by atoms with Crippen molar-refractivity contribution in [1.29, 1.82) is 5.26 Å². The second-order valence-corrected chi connectivity index (χ2v) is 5.83. The largest absolute Gasteiger partial charge is 0.363 e. The Morgan fingerprint density at radius 1 is 0.625 bits per heavy atom. The molecule has 0 amide bonds. The first-order valence-electron chi connectivity index (χ1n) is 8.14. The lowest BCUT2D eigenvalue weighted by atomic mass is 10.1. The molecule has 0 aromatic heterocycles. The number of nitrogens with zero attached hydrogens (tertiary/aromatic N) is 2. The van der Waals surface area contributed by atoms with Crippen LogP contribution < -0.4 is 4.90 Å². The summed E-state index contributed by atoms with van der Waals surface area (Å²) >= 11 is 0. The van der Waals surface area contributed by atoms with Crippen LogP contribution in [0.5, 0.6) is 0 Å². The summed E-state index contributed by atoms with van der Waals surface area (Å²) in [6, 6.07) is 31.5. The number of benzene rings is 3. The van der Waals surface area contributed by atoms with Gasteiger partial charge in [0.15, 0.2) is 0 Å². The molecule has 0 aliphatic rings. The first-order valence-corrected chi connectivity index (χ1v) is 8.14. The Bertz CT molecular complexity index is 745. The first kappa shape index (κ1) is 15.8. The highest BCUT2D eigenvalue weighted by molar-refractivity contribution is 5.49. The number of nitriles is 1. The van der Waals surface area contributed by atoms with Gasteiger partial charge in [-0.15, -0.1) is 0 Å². The molecule has 2 nitrogen and oxygen atoms in total. The summed E-state index contributed by atoms with van der Waals surface area (Å²) < 4.78 is 0. The molecule has 0 aliphatic heterocycles. The Balaban J connectivity index is 1.84. The molecule has 0 saturated heterocycles. The first-order chi connectivity index (χ1) is 11.8. The Labute approximate surface area is 143 Å². The Kier molecular flexibility index (Phi) is 5.27. The molecule has 3 aromatic rings. The van der Waals surface area contributed by atoms with Crippen molar-refractivity contribution in [2.45, 2.75) is 19.5 Å². The van der Waals surface area contributed by atoms with Gasteiger partial charge in [-0.2, -0.15) is 5.26 Å². The second-order valence-electron chi connectivity index (χ2n) is 5.83. The van der Waals surface area contributed by atoms with Gasteiger partial charge in [0, 0.05) is 18.8 Å². The lowest BCUT2D eigenvalue weighted by Gasteiger charge is -2.25. The zero-order valence-electron chi connectivity index (χ0n) is 13.6. The molecule has 3 rings (SSSR count). The van der Waals surface area contributed by atoms with Crippen molar-refractivity contribution < 1.29 is 0 Å². The Morgan fingerprint density at radius 2 is 1.12 bits per heavy atom. The van der Waals surface area contributed by atoms with Crippen molar-refractivity contribution in [2.24, 2.45) is 0 Å². The third-order valence-electron chi connectivity index (χ3n) is 4.02. The van der Waals surface area contributed by atoms with Gasteiger partial charge in [0.25, 0.3) is 0 Å². The molecule has 0 unspecified atom stereocenters. The van der Waals surface area contributed by atoms with Crippen LogP contribution in [0.15, 0.2) is 84.9 Å². The maximum absolute atomic E-state index is 8.83. The molecule has 3 aromatic carbocycles. The molecule has 0 atom stereocenters. The zero-order valence-corrected chi connectivity index (χ0v) is 13.6. The van der Waals surface area contributed by atoms with Gasteiger partial charge in [0.2, 0.25) is 0 Å². The van der Waals surface area contributed by atoms with E-state index in [0.29, 0.717) is 6.42 Å². The van der Waals surface area contributed by atoms with Gasteiger partial charge in [0.1, 0.15) is 0 Å². The summed E-state index contributed by atoms with van der Waals surface area (Å²) in [7, 11) is 0. The van der Waals surface area contributed by atoms with Gasteiger partial charge < -0.3 is 4.90 Å². The van der Waals surface area contributed by atoms with E-state index in [2.05, 4.69) is 71.6 Å². The molecule has 24 heavy (non-hydrogen) atoms. The molecule has 0 fully saturated rings. The molecule has 0 saturated carbocycles. The molecule has 2 heteroatoms. The van der Waals surface area contributed by atoms with Crippen LogP contribution in [-0.2, 0) is 19.5 Å². The number of rotatable bonds is 6. The fraction of sp³-hybridized carbons (Fsp3) is 0.136. The van der Waals surface area contributed by atoms with E-state index in [0.717, 1.165) is 18.7 Å². The van der Waals surface area contributed by atoms with Crippen LogP contribution >= 0.6 is 0 Å². The topological polar surface area (TPSA) is 27.0 Å². The van der Waals surface area contributed by atoms with E-state index < -0.39 is 0 Å². The average Bonchev–Trinajstić information content (AvgIpc) is 2.64. The second kappa shape index (κ2) is 7.99. The summed E-state index contributed by atoms with van der Waals surface area (Å²) in [5.41, 5.74) is 4.80. The van der Waals surface area contributed by atoms with E-state index in [1.165, 1.54) is 16.8 Å². The predicted molar refractivity (Wildman–Crippen MR) is 98.5 cm³/mol. The van der Waals surface area contributed by atoms with Crippen molar-refractivity contribution in [3.63, 3.8) is 0 Å². The number of hydrogen-bond donors (Lipinski definition) is 0. The van der Waals surface area contributed by atoms with Gasteiger partial charge in [-0.1, -0.05) is 72.8 Å². The van der Waals surface area contributed by atoms with Crippen LogP contribution in [0.4, 0.5) is 5.69 Å². The Morgan fingerprint density at radius 3 is 1.58 bits per heavy atom. The van der Waals surface area contributed by atoms with Crippen molar-refractivity contribution in [3.05, 3.63) is 102 Å². The van der Waals surface area contributed by atoms with Crippen LogP contribution in [0.1, 0.15) is 16.7 Å². The summed E-state index contributed by atoms with van der Waals surface area (Å²) in [6.07, 6.45) is 0.456. The number of hydrogen-bond acceptors (Lipinski definition) is 2. The van der Waals surface area contributed by atoms with Gasteiger partial charge in [-0.3, -0.25) is 0 Å². The minimum Gasteiger partial charge on any atom is -0.363 e. The summed E-state index contributed by atoms with van der Waals surface area (Å²) in [4.78, 5) is 2.36. The van der Waals surface area contributed by atoms with Crippen LogP contribution in [0.3, 0.4) is 0 Å². The number of anilines is 1. The lowest BCUT2D eigenvalue weighted by molar-refractivity contribution is 0.800. The molecule has 0 bridgehead atoms. The molecular weight excluding hydrogens is 292 g/mol. The minimum absolute atomic E-state index is 0.456. The SMILES string of the molecule is N#CCc1ccc(N(Cc2ccccc2)Cc2ccccc2)cc1. The smallest absolute Gasteiger partial charge is 0.0669 e. The molecule has 0 heterocycles. The normalized spacial score (nSPS) is 10.1. The monoisotopic (exact) mass is 312 g/mol. The van der Waals surface area contributed by atoms with Crippen molar-refractivity contribution in [1.82, 2.24) is 0 Å². The molecule has 118 valence electrons. The third kappa shape index (κ3) is 4.24. The van der Waals surface area contributed by atoms with E-state index in [1.807, 2.05) is 24.3 Å². The summed E-state index contributed by atoms with van der Waals surface area (Å²) in [6.45, 7) is 1.71. The summed E-state index contributed by atoms with van der Waals surface area (Å²) in [5.74, 6) is 0. The van der Waals surface area contributed by atoms with E-state index in [4.69, 9.17) is 5.26 Å². The van der Waals surface area contributed by atoms with E-state index in [-0.39, 0.29) is 0 Å². The van der Waals surface area contributed by atoms with Gasteiger partial charge in [-0.05, 0) is 28.8 Å². The average molecular weight is 312 g/mol. The molecule has 0 radical (unpaired) electrons. The fourth-order valence-electron chi connectivity index (χ4n) is 2.76. The highest BCUT2D eigenvalue weighted by atomic mass is 15.1. The van der Waals surface area contributed by atoms with Gasteiger partial charge in [0.05, 0.1) is 12.5 Å². The predicted octanol–water partition coefficient (Wildman–Crippen LogP) is 4.96. The maximum atomic E-state index is 8.83. The minimum atomic E-state index is 0.456. The van der Waals surface area contributed by atoms with Crippen LogP contribution in [-0.4, -0.2) is 0 Å². The standard InChI is InChI=1S/C22H20N2/c23-16-15-19-11-13-22(14-12-19)24(17-20-7-3-1-4-8-20)18-21-9-5-2-6-10-21/h1-14H,15,17-18H2. The Hall–Kier alpha value is -3.05. The fourth-order valence-corrected chi connectivity index (χ4v) is 2.76. The van der Waals surface area contributed by atoms with Crippen molar-refractivity contribution in [3.8, 4) is 6.07 Å². The maximum Gasteiger partial charge on any atom is 0.0669 e. The van der Waals surface area contributed by atoms with Crippen molar-refractivity contribution in [2.75, 3.05) is 4.90 Å². The van der Waals surface area contributed by atoms with Gasteiger partial charge in [-0.25, -0.2) is 0 Å². The highest BCUT2D eigenvalue weighted by Crippen LogP contribution is 2.21. The van der Waals surface area contributed by atoms with Gasteiger partial charge >= 0.3 is 0 Å². The molecular formula is C22H20N2. The van der Waals surface area contributed by atoms with Crippen molar-refractivity contribution >= 4 is 5.69 Å². The van der Waals surface area contributed by atoms with Crippen LogP contribution in [0.25, 0.3) is 0 Å².